The molecule has 0 aromatic carbocycles. The first-order chi connectivity index (χ1) is 10.0. The van der Waals surface area contributed by atoms with Crippen LogP contribution in [-0.2, 0) is 4.79 Å². The van der Waals surface area contributed by atoms with Crippen LogP contribution in [0.5, 0.6) is 0 Å². The van der Waals surface area contributed by atoms with Crippen molar-refractivity contribution in [3.8, 4) is 0 Å². The molecule has 2 fully saturated rings. The number of rotatable bonds is 3. The monoisotopic (exact) mass is 296 g/mol. The molecule has 0 aromatic rings. The standard InChI is InChI=1S/C16H28N2O3/c1-3-12-6-8-14(9-7-12)17(2)16(21)18-10-4-5-13(11-18)15(19)20/h12-14H,3-11H2,1-2H3,(H,19,20)/t12?,13-,14?/m0/s1. The molecule has 1 heterocycles. The molecule has 0 spiro atoms. The number of hydrogen-bond acceptors (Lipinski definition) is 2. The molecule has 1 saturated carbocycles. The van der Waals surface area contributed by atoms with E-state index in [9.17, 15) is 9.59 Å². The van der Waals surface area contributed by atoms with E-state index >= 15 is 0 Å². The Labute approximate surface area is 127 Å². The summed E-state index contributed by atoms with van der Waals surface area (Å²) in [6.07, 6.45) is 7.28. The van der Waals surface area contributed by atoms with Crippen molar-refractivity contribution in [2.45, 2.75) is 57.9 Å². The molecule has 0 unspecified atom stereocenters. The van der Waals surface area contributed by atoms with E-state index in [-0.39, 0.29) is 6.03 Å². The van der Waals surface area contributed by atoms with Crippen LogP contribution in [0.1, 0.15) is 51.9 Å². The van der Waals surface area contributed by atoms with Crippen molar-refractivity contribution in [3.05, 3.63) is 0 Å². The Morgan fingerprint density at radius 2 is 1.86 bits per heavy atom. The van der Waals surface area contributed by atoms with Crippen LogP contribution in [0.4, 0.5) is 4.79 Å². The fourth-order valence-electron chi connectivity index (χ4n) is 3.67. The Hall–Kier alpha value is -1.26. The number of piperidine rings is 1. The highest BCUT2D eigenvalue weighted by atomic mass is 16.4. The Morgan fingerprint density at radius 3 is 2.43 bits per heavy atom. The minimum absolute atomic E-state index is 0.0147. The van der Waals surface area contributed by atoms with Crippen LogP contribution in [0.25, 0.3) is 0 Å². The summed E-state index contributed by atoms with van der Waals surface area (Å²) in [4.78, 5) is 27.3. The normalized spacial score (nSPS) is 30.0. The van der Waals surface area contributed by atoms with E-state index in [4.69, 9.17) is 5.11 Å². The molecule has 21 heavy (non-hydrogen) atoms. The lowest BCUT2D eigenvalue weighted by molar-refractivity contribution is -0.143. The van der Waals surface area contributed by atoms with Gasteiger partial charge in [-0.15, -0.1) is 0 Å². The lowest BCUT2D eigenvalue weighted by Crippen LogP contribution is -2.51. The van der Waals surface area contributed by atoms with Crippen LogP contribution in [0, 0.1) is 11.8 Å². The van der Waals surface area contributed by atoms with Crippen molar-refractivity contribution in [1.82, 2.24) is 9.80 Å². The van der Waals surface area contributed by atoms with Gasteiger partial charge < -0.3 is 14.9 Å². The maximum atomic E-state index is 12.6. The molecule has 1 N–H and O–H groups in total. The second-order valence-electron chi connectivity index (χ2n) is 6.60. The smallest absolute Gasteiger partial charge is 0.320 e. The number of aliphatic carboxylic acids is 1. The number of carbonyl (C=O) groups excluding carboxylic acids is 1. The number of urea groups is 1. The van der Waals surface area contributed by atoms with Gasteiger partial charge in [-0.25, -0.2) is 4.79 Å². The van der Waals surface area contributed by atoms with Crippen molar-refractivity contribution >= 4 is 12.0 Å². The molecule has 1 aliphatic carbocycles. The van der Waals surface area contributed by atoms with Crippen molar-refractivity contribution in [1.29, 1.82) is 0 Å². The van der Waals surface area contributed by atoms with Crippen LogP contribution < -0.4 is 0 Å². The lowest BCUT2D eigenvalue weighted by Gasteiger charge is -2.39. The Kier molecular flexibility index (Phi) is 5.48. The third kappa shape index (κ3) is 3.89. The van der Waals surface area contributed by atoms with E-state index in [2.05, 4.69) is 6.92 Å². The van der Waals surface area contributed by atoms with Crippen molar-refractivity contribution < 1.29 is 14.7 Å². The summed E-state index contributed by atoms with van der Waals surface area (Å²) in [6, 6.07) is 0.339. The van der Waals surface area contributed by atoms with E-state index in [1.807, 2.05) is 11.9 Å². The molecule has 0 aromatic heterocycles. The van der Waals surface area contributed by atoms with Gasteiger partial charge in [0.25, 0.3) is 0 Å². The summed E-state index contributed by atoms with van der Waals surface area (Å²) in [5.74, 6) is -0.360. The van der Waals surface area contributed by atoms with Gasteiger partial charge in [0, 0.05) is 26.2 Å². The molecule has 2 aliphatic rings. The largest absolute Gasteiger partial charge is 0.481 e. The molecule has 2 amide bonds. The van der Waals surface area contributed by atoms with Crippen molar-refractivity contribution in [3.63, 3.8) is 0 Å². The van der Waals surface area contributed by atoms with E-state index in [1.54, 1.807) is 4.90 Å². The van der Waals surface area contributed by atoms with Gasteiger partial charge in [0.05, 0.1) is 5.92 Å². The van der Waals surface area contributed by atoms with Gasteiger partial charge >= 0.3 is 12.0 Å². The fourth-order valence-corrected chi connectivity index (χ4v) is 3.67. The van der Waals surface area contributed by atoms with Gasteiger partial charge in [0.15, 0.2) is 0 Å². The number of nitrogens with zero attached hydrogens (tertiary/aromatic N) is 2. The summed E-state index contributed by atoms with van der Waals surface area (Å²) in [5.41, 5.74) is 0. The zero-order valence-electron chi connectivity index (χ0n) is 13.3. The molecule has 1 atom stereocenters. The molecule has 0 bridgehead atoms. The molecule has 5 nitrogen and oxygen atoms in total. The Bertz CT molecular complexity index is 378. The van der Waals surface area contributed by atoms with E-state index in [0.29, 0.717) is 25.6 Å². The molecule has 0 radical (unpaired) electrons. The number of carboxylic acid groups (broad SMARTS) is 1. The lowest BCUT2D eigenvalue weighted by atomic mass is 9.84. The maximum absolute atomic E-state index is 12.6. The number of carbonyl (C=O) groups is 2. The van der Waals surface area contributed by atoms with E-state index in [0.717, 1.165) is 25.2 Å². The predicted molar refractivity (Wildman–Crippen MR) is 81.1 cm³/mol. The summed E-state index contributed by atoms with van der Waals surface area (Å²) in [5, 5.41) is 9.13. The van der Waals surface area contributed by atoms with Crippen LogP contribution in [0.2, 0.25) is 0 Å². The van der Waals surface area contributed by atoms with Gasteiger partial charge in [-0.2, -0.15) is 0 Å². The second-order valence-corrected chi connectivity index (χ2v) is 6.60. The number of hydrogen-bond donors (Lipinski definition) is 1. The summed E-state index contributed by atoms with van der Waals surface area (Å²) < 4.78 is 0. The summed E-state index contributed by atoms with van der Waals surface area (Å²) in [6.45, 7) is 3.29. The fraction of sp³-hybridized carbons (Fsp3) is 0.875. The number of amides is 2. The van der Waals surface area contributed by atoms with Crippen LogP contribution in [0.15, 0.2) is 0 Å². The molecule has 2 rings (SSSR count). The van der Waals surface area contributed by atoms with Gasteiger partial charge in [-0.05, 0) is 44.4 Å². The highest BCUT2D eigenvalue weighted by molar-refractivity contribution is 5.76. The maximum Gasteiger partial charge on any atom is 0.320 e. The third-order valence-electron chi connectivity index (χ3n) is 5.28. The first-order valence-corrected chi connectivity index (χ1v) is 8.27. The van der Waals surface area contributed by atoms with Crippen LogP contribution in [-0.4, -0.2) is 53.1 Å². The zero-order valence-corrected chi connectivity index (χ0v) is 13.3. The van der Waals surface area contributed by atoms with Crippen LogP contribution >= 0.6 is 0 Å². The first-order valence-electron chi connectivity index (χ1n) is 8.27. The number of carboxylic acids is 1. The Balaban J connectivity index is 1.88. The molecular weight excluding hydrogens is 268 g/mol. The first kappa shape index (κ1) is 16.1. The van der Waals surface area contributed by atoms with Crippen molar-refractivity contribution in [2.24, 2.45) is 11.8 Å². The summed E-state index contributed by atoms with van der Waals surface area (Å²) in [7, 11) is 1.88. The van der Waals surface area contributed by atoms with Crippen LogP contribution in [0.3, 0.4) is 0 Å². The molecule has 1 aliphatic heterocycles. The second kappa shape index (κ2) is 7.14. The third-order valence-corrected chi connectivity index (χ3v) is 5.28. The zero-order chi connectivity index (χ0) is 15.4. The van der Waals surface area contributed by atoms with Crippen molar-refractivity contribution in [2.75, 3.05) is 20.1 Å². The highest BCUT2D eigenvalue weighted by Crippen LogP contribution is 2.29. The van der Waals surface area contributed by atoms with Gasteiger partial charge in [-0.1, -0.05) is 13.3 Å². The van der Waals surface area contributed by atoms with E-state index < -0.39 is 11.9 Å². The SMILES string of the molecule is CCC1CCC(N(C)C(=O)N2CCC[C@H](C(=O)O)C2)CC1. The average Bonchev–Trinajstić information content (AvgIpc) is 2.53. The minimum Gasteiger partial charge on any atom is -0.481 e. The van der Waals surface area contributed by atoms with Gasteiger partial charge in [0.1, 0.15) is 0 Å². The predicted octanol–water partition coefficient (Wildman–Crippen LogP) is 2.80. The molecular formula is C16H28N2O3. The van der Waals surface area contributed by atoms with Gasteiger partial charge in [0.2, 0.25) is 0 Å². The van der Waals surface area contributed by atoms with Gasteiger partial charge in [-0.3, -0.25) is 4.79 Å². The highest BCUT2D eigenvalue weighted by Gasteiger charge is 2.32. The number of likely N-dealkylation sites (tertiary alicyclic amines) is 1. The molecule has 1 saturated heterocycles. The van der Waals surface area contributed by atoms with E-state index in [1.165, 1.54) is 19.3 Å². The average molecular weight is 296 g/mol. The molecule has 120 valence electrons. The topological polar surface area (TPSA) is 60.9 Å². The summed E-state index contributed by atoms with van der Waals surface area (Å²) >= 11 is 0. The quantitative estimate of drug-likeness (QED) is 0.871. The Morgan fingerprint density at radius 1 is 1.19 bits per heavy atom. The minimum atomic E-state index is -0.779. The molecule has 5 heteroatoms.